The Balaban J connectivity index is 2.53. The van der Waals surface area contributed by atoms with E-state index >= 15 is 0 Å². The molecule has 0 heterocycles. The monoisotopic (exact) mass is 266 g/mol. The largest absolute Gasteiger partial charge is 0.0558 e. The summed E-state index contributed by atoms with van der Waals surface area (Å²) in [4.78, 5) is 0. The van der Waals surface area contributed by atoms with Crippen molar-refractivity contribution in [3.63, 3.8) is 0 Å². The van der Waals surface area contributed by atoms with Crippen LogP contribution in [-0.2, 0) is 6.42 Å². The molecule has 0 heteroatoms. The molecule has 0 saturated carbocycles. The van der Waals surface area contributed by atoms with Crippen LogP contribution in [0.2, 0.25) is 0 Å². The highest BCUT2D eigenvalue weighted by Crippen LogP contribution is 2.26. The van der Waals surface area contributed by atoms with E-state index in [1.807, 2.05) is 0 Å². The van der Waals surface area contributed by atoms with Crippen LogP contribution in [0.1, 0.15) is 50.1 Å². The van der Waals surface area contributed by atoms with Crippen LogP contribution in [0.25, 0.3) is 0 Å². The lowest BCUT2D eigenvalue weighted by atomic mass is 9.88. The molecule has 0 fully saturated rings. The molecule has 2 aromatic carbocycles. The third-order valence-electron chi connectivity index (χ3n) is 4.84. The predicted octanol–water partition coefficient (Wildman–Crippen LogP) is 5.44. The molecule has 0 bridgehead atoms. The fourth-order valence-electron chi connectivity index (χ4n) is 2.96. The summed E-state index contributed by atoms with van der Waals surface area (Å²) in [6, 6.07) is 6.99. The number of aryl methyl sites for hydroxylation is 5. The Morgan fingerprint density at radius 3 is 1.55 bits per heavy atom. The van der Waals surface area contributed by atoms with E-state index in [0.29, 0.717) is 0 Å². The van der Waals surface area contributed by atoms with E-state index in [-0.39, 0.29) is 0 Å². The van der Waals surface area contributed by atoms with Crippen LogP contribution in [0, 0.1) is 48.5 Å². The van der Waals surface area contributed by atoms with E-state index in [4.69, 9.17) is 0 Å². The fourth-order valence-corrected chi connectivity index (χ4v) is 2.96. The number of hydrogen-bond donors (Lipinski definition) is 0. The molecule has 0 nitrogen and oxygen atoms in total. The van der Waals surface area contributed by atoms with Gasteiger partial charge in [-0.15, -0.1) is 0 Å². The molecule has 0 N–H and O–H groups in total. The highest BCUT2D eigenvalue weighted by molar-refractivity contribution is 5.48. The van der Waals surface area contributed by atoms with E-state index in [1.54, 1.807) is 0 Å². The molecule has 20 heavy (non-hydrogen) atoms. The molecule has 0 saturated heterocycles. The zero-order valence-corrected chi connectivity index (χ0v) is 13.9. The molecule has 0 aromatic heterocycles. The van der Waals surface area contributed by atoms with Crippen LogP contribution in [0.3, 0.4) is 0 Å². The summed E-state index contributed by atoms with van der Waals surface area (Å²) in [5, 5.41) is 0. The van der Waals surface area contributed by atoms with E-state index in [9.17, 15) is 0 Å². The van der Waals surface area contributed by atoms with Gasteiger partial charge in [0.1, 0.15) is 0 Å². The van der Waals surface area contributed by atoms with Gasteiger partial charge in [-0.2, -0.15) is 0 Å². The van der Waals surface area contributed by atoms with Crippen molar-refractivity contribution in [2.75, 3.05) is 0 Å². The van der Waals surface area contributed by atoms with Crippen LogP contribution < -0.4 is 0 Å². The maximum Gasteiger partial charge on any atom is -0.00176 e. The van der Waals surface area contributed by atoms with Crippen LogP contribution in [0.4, 0.5) is 0 Å². The number of benzene rings is 2. The third-order valence-corrected chi connectivity index (χ3v) is 4.84. The molecule has 0 atom stereocenters. The Morgan fingerprint density at radius 2 is 1.00 bits per heavy atom. The van der Waals surface area contributed by atoms with E-state index < -0.39 is 0 Å². The van der Waals surface area contributed by atoms with Gasteiger partial charge in [0.2, 0.25) is 0 Å². The van der Waals surface area contributed by atoms with Crippen molar-refractivity contribution in [3.05, 3.63) is 68.3 Å². The van der Waals surface area contributed by atoms with E-state index in [0.717, 1.165) is 6.42 Å². The summed E-state index contributed by atoms with van der Waals surface area (Å²) in [5.41, 5.74) is 12.9. The second-order valence-electron chi connectivity index (χ2n) is 6.28. The van der Waals surface area contributed by atoms with E-state index in [1.165, 1.54) is 50.1 Å². The molecular weight excluding hydrogens is 240 g/mol. The lowest BCUT2D eigenvalue weighted by Gasteiger charge is -2.17. The molecule has 0 spiro atoms. The van der Waals surface area contributed by atoms with Gasteiger partial charge in [-0.25, -0.2) is 0 Å². The SMILES string of the molecule is Cc1cc(C)c(Cc2c(C)c(C)cc(C)c2C)cc1C. The summed E-state index contributed by atoms with van der Waals surface area (Å²) in [6.45, 7) is 15.6. The van der Waals surface area contributed by atoms with Crippen molar-refractivity contribution in [3.8, 4) is 0 Å². The van der Waals surface area contributed by atoms with Gasteiger partial charge in [-0.3, -0.25) is 0 Å². The Labute approximate surface area is 123 Å². The lowest BCUT2D eigenvalue weighted by Crippen LogP contribution is -2.02. The number of rotatable bonds is 2. The second kappa shape index (κ2) is 5.44. The first-order valence-corrected chi connectivity index (χ1v) is 7.44. The molecule has 2 aromatic rings. The molecule has 106 valence electrons. The topological polar surface area (TPSA) is 0 Å². The lowest BCUT2D eigenvalue weighted by molar-refractivity contribution is 1.06. The molecule has 0 unspecified atom stereocenters. The van der Waals surface area contributed by atoms with Crippen molar-refractivity contribution in [2.45, 2.75) is 54.9 Å². The smallest absolute Gasteiger partial charge is 0.00176 e. The Hall–Kier alpha value is -1.56. The fraction of sp³-hybridized carbons (Fsp3) is 0.400. The summed E-state index contributed by atoms with van der Waals surface area (Å²) in [6.07, 6.45) is 1.05. The van der Waals surface area contributed by atoms with Crippen LogP contribution >= 0.6 is 0 Å². The van der Waals surface area contributed by atoms with Gasteiger partial charge in [0.15, 0.2) is 0 Å². The molecule has 0 aliphatic heterocycles. The number of hydrogen-bond acceptors (Lipinski definition) is 0. The van der Waals surface area contributed by atoms with Gasteiger partial charge >= 0.3 is 0 Å². The zero-order valence-electron chi connectivity index (χ0n) is 13.9. The average molecular weight is 266 g/mol. The molecule has 2 rings (SSSR count). The van der Waals surface area contributed by atoms with Crippen LogP contribution in [0.15, 0.2) is 18.2 Å². The maximum atomic E-state index is 2.36. The first-order chi connectivity index (χ1) is 9.31. The van der Waals surface area contributed by atoms with Gasteiger partial charge in [0, 0.05) is 0 Å². The minimum atomic E-state index is 1.05. The van der Waals surface area contributed by atoms with Gasteiger partial charge in [-0.1, -0.05) is 18.2 Å². The summed E-state index contributed by atoms with van der Waals surface area (Å²) in [7, 11) is 0. The third kappa shape index (κ3) is 2.65. The van der Waals surface area contributed by atoms with Gasteiger partial charge in [-0.05, 0) is 105 Å². The van der Waals surface area contributed by atoms with Crippen molar-refractivity contribution in [1.29, 1.82) is 0 Å². The van der Waals surface area contributed by atoms with Crippen molar-refractivity contribution >= 4 is 0 Å². The first kappa shape index (κ1) is 14.8. The highest BCUT2D eigenvalue weighted by Gasteiger charge is 2.11. The highest BCUT2D eigenvalue weighted by atomic mass is 14.2. The maximum absolute atomic E-state index is 2.36. The summed E-state index contributed by atoms with van der Waals surface area (Å²) < 4.78 is 0. The van der Waals surface area contributed by atoms with Crippen molar-refractivity contribution < 1.29 is 0 Å². The van der Waals surface area contributed by atoms with Gasteiger partial charge in [0.05, 0.1) is 0 Å². The second-order valence-corrected chi connectivity index (χ2v) is 6.28. The van der Waals surface area contributed by atoms with Crippen molar-refractivity contribution in [2.24, 2.45) is 0 Å². The summed E-state index contributed by atoms with van der Waals surface area (Å²) in [5.74, 6) is 0. The molecule has 0 aliphatic rings. The zero-order chi connectivity index (χ0) is 15.0. The predicted molar refractivity (Wildman–Crippen MR) is 88.8 cm³/mol. The van der Waals surface area contributed by atoms with Gasteiger partial charge < -0.3 is 0 Å². The standard InChI is InChI=1S/C20H26/c1-12-8-16(5)19(10-13(12)2)11-20-17(6)14(3)9-15(4)18(20)7/h8-10H,11H2,1-7H3. The Kier molecular flexibility index (Phi) is 4.04. The van der Waals surface area contributed by atoms with Crippen LogP contribution in [0.5, 0.6) is 0 Å². The first-order valence-electron chi connectivity index (χ1n) is 7.44. The minimum absolute atomic E-state index is 1.05. The Bertz CT molecular complexity index is 634. The van der Waals surface area contributed by atoms with Crippen LogP contribution in [-0.4, -0.2) is 0 Å². The molecule has 0 radical (unpaired) electrons. The minimum Gasteiger partial charge on any atom is -0.0558 e. The van der Waals surface area contributed by atoms with E-state index in [2.05, 4.69) is 66.7 Å². The average Bonchev–Trinajstić information content (AvgIpc) is 2.38. The molecular formula is C20H26. The molecule has 0 amide bonds. The molecule has 0 aliphatic carbocycles. The summed E-state index contributed by atoms with van der Waals surface area (Å²) >= 11 is 0. The van der Waals surface area contributed by atoms with Gasteiger partial charge in [0.25, 0.3) is 0 Å². The normalized spacial score (nSPS) is 10.9. The van der Waals surface area contributed by atoms with Crippen molar-refractivity contribution in [1.82, 2.24) is 0 Å². The Morgan fingerprint density at radius 1 is 0.550 bits per heavy atom. The quantitative estimate of drug-likeness (QED) is 0.679.